The molecular formula is C19H21N3O2. The van der Waals surface area contributed by atoms with Gasteiger partial charge in [0.2, 0.25) is 0 Å². The first kappa shape index (κ1) is 16.2. The Morgan fingerprint density at radius 2 is 1.54 bits per heavy atom. The Bertz CT molecular complexity index is 730. The largest absolute Gasteiger partial charge is 0.337 e. The zero-order valence-corrected chi connectivity index (χ0v) is 13.8. The molecule has 2 aromatic rings. The van der Waals surface area contributed by atoms with Gasteiger partial charge in [-0.05, 0) is 37.1 Å². The highest BCUT2D eigenvalue weighted by Gasteiger charge is 2.24. The molecule has 0 radical (unpaired) electrons. The molecule has 1 aromatic heterocycles. The lowest BCUT2D eigenvalue weighted by atomic mass is 10.1. The Kier molecular flexibility index (Phi) is 4.89. The lowest BCUT2D eigenvalue weighted by molar-refractivity contribution is 0.0715. The number of hydrogen-bond acceptors (Lipinski definition) is 3. The molecule has 1 saturated heterocycles. The monoisotopic (exact) mass is 323 g/mol. The summed E-state index contributed by atoms with van der Waals surface area (Å²) in [7, 11) is 0. The fourth-order valence-corrected chi connectivity index (χ4v) is 2.96. The molecule has 1 fully saturated rings. The quantitative estimate of drug-likeness (QED) is 0.852. The Labute approximate surface area is 141 Å². The van der Waals surface area contributed by atoms with Crippen molar-refractivity contribution >= 4 is 11.8 Å². The van der Waals surface area contributed by atoms with Crippen molar-refractivity contribution in [2.75, 3.05) is 26.2 Å². The van der Waals surface area contributed by atoms with Crippen LogP contribution in [0.3, 0.4) is 0 Å². The van der Waals surface area contributed by atoms with Crippen LogP contribution in [0.1, 0.15) is 32.8 Å². The predicted octanol–water partition coefficient (Wildman–Crippen LogP) is 2.38. The fourth-order valence-electron chi connectivity index (χ4n) is 2.96. The van der Waals surface area contributed by atoms with Crippen LogP contribution in [0.25, 0.3) is 0 Å². The van der Waals surface area contributed by atoms with Crippen molar-refractivity contribution in [3.63, 3.8) is 0 Å². The Balaban J connectivity index is 1.68. The van der Waals surface area contributed by atoms with Gasteiger partial charge in [0.1, 0.15) is 5.69 Å². The average Bonchev–Trinajstić information content (AvgIpc) is 2.88. The minimum absolute atomic E-state index is 0.0419. The molecular weight excluding hydrogens is 302 g/mol. The van der Waals surface area contributed by atoms with Crippen molar-refractivity contribution in [3.8, 4) is 0 Å². The first-order valence-corrected chi connectivity index (χ1v) is 8.22. The minimum Gasteiger partial charge on any atom is -0.337 e. The van der Waals surface area contributed by atoms with Crippen LogP contribution in [0.2, 0.25) is 0 Å². The second-order valence-corrected chi connectivity index (χ2v) is 5.97. The van der Waals surface area contributed by atoms with Gasteiger partial charge in [-0.15, -0.1) is 0 Å². The first-order chi connectivity index (χ1) is 11.7. The maximum Gasteiger partial charge on any atom is 0.272 e. The molecule has 5 nitrogen and oxygen atoms in total. The van der Waals surface area contributed by atoms with E-state index in [1.807, 2.05) is 42.2 Å². The molecule has 0 unspecified atom stereocenters. The van der Waals surface area contributed by atoms with Crippen molar-refractivity contribution in [2.45, 2.75) is 13.3 Å². The summed E-state index contributed by atoms with van der Waals surface area (Å²) in [6.45, 7) is 4.34. The van der Waals surface area contributed by atoms with Gasteiger partial charge in [-0.1, -0.05) is 24.3 Å². The number of aromatic nitrogens is 1. The zero-order chi connectivity index (χ0) is 16.9. The van der Waals surface area contributed by atoms with Gasteiger partial charge in [0.15, 0.2) is 0 Å². The third-order valence-corrected chi connectivity index (χ3v) is 4.33. The number of carbonyl (C=O) groups is 2. The molecule has 1 aliphatic rings. The molecule has 24 heavy (non-hydrogen) atoms. The Hall–Kier alpha value is -2.69. The van der Waals surface area contributed by atoms with Gasteiger partial charge >= 0.3 is 0 Å². The molecule has 3 rings (SSSR count). The molecule has 1 aromatic carbocycles. The highest BCUT2D eigenvalue weighted by Crippen LogP contribution is 2.14. The number of benzene rings is 1. The summed E-state index contributed by atoms with van der Waals surface area (Å²) in [6, 6.07) is 13.0. The van der Waals surface area contributed by atoms with Gasteiger partial charge in [0.05, 0.1) is 0 Å². The third kappa shape index (κ3) is 3.45. The molecule has 2 heterocycles. The second-order valence-electron chi connectivity index (χ2n) is 5.97. The summed E-state index contributed by atoms with van der Waals surface area (Å²) < 4.78 is 0. The predicted molar refractivity (Wildman–Crippen MR) is 91.8 cm³/mol. The lowest BCUT2D eigenvalue weighted by Crippen LogP contribution is -2.37. The van der Waals surface area contributed by atoms with Gasteiger partial charge in [0, 0.05) is 37.9 Å². The molecule has 5 heteroatoms. The molecule has 0 saturated carbocycles. The van der Waals surface area contributed by atoms with E-state index in [-0.39, 0.29) is 11.8 Å². The van der Waals surface area contributed by atoms with Crippen molar-refractivity contribution in [3.05, 3.63) is 65.5 Å². The van der Waals surface area contributed by atoms with E-state index < -0.39 is 0 Å². The van der Waals surface area contributed by atoms with Crippen molar-refractivity contribution in [1.29, 1.82) is 0 Å². The van der Waals surface area contributed by atoms with Crippen LogP contribution >= 0.6 is 0 Å². The van der Waals surface area contributed by atoms with Crippen LogP contribution in [0.5, 0.6) is 0 Å². The molecule has 124 valence electrons. The van der Waals surface area contributed by atoms with Crippen LogP contribution in [-0.2, 0) is 0 Å². The summed E-state index contributed by atoms with van der Waals surface area (Å²) >= 11 is 0. The maximum atomic E-state index is 12.7. The van der Waals surface area contributed by atoms with E-state index in [9.17, 15) is 9.59 Å². The van der Waals surface area contributed by atoms with Gasteiger partial charge in [0.25, 0.3) is 11.8 Å². The van der Waals surface area contributed by atoms with E-state index >= 15 is 0 Å². The standard InChI is InChI=1S/C19H21N3O2/c1-15-7-2-3-8-16(15)18(23)21-11-6-12-22(14-13-21)19(24)17-9-4-5-10-20-17/h2-5,7-10H,6,11-14H2,1H3. The van der Waals surface area contributed by atoms with Crippen molar-refractivity contribution in [1.82, 2.24) is 14.8 Å². The van der Waals surface area contributed by atoms with E-state index in [1.54, 1.807) is 23.2 Å². The maximum absolute atomic E-state index is 12.7. The van der Waals surface area contributed by atoms with Crippen LogP contribution in [0.15, 0.2) is 48.7 Å². The van der Waals surface area contributed by atoms with E-state index in [1.165, 1.54) is 0 Å². The number of hydrogen-bond donors (Lipinski definition) is 0. The SMILES string of the molecule is Cc1ccccc1C(=O)N1CCCN(C(=O)c2ccccn2)CC1. The minimum atomic E-state index is -0.0687. The number of pyridine rings is 1. The smallest absolute Gasteiger partial charge is 0.272 e. The zero-order valence-electron chi connectivity index (χ0n) is 13.8. The normalized spacial score (nSPS) is 15.0. The van der Waals surface area contributed by atoms with E-state index in [2.05, 4.69) is 4.98 Å². The van der Waals surface area contributed by atoms with Gasteiger partial charge in [-0.3, -0.25) is 14.6 Å². The average molecular weight is 323 g/mol. The van der Waals surface area contributed by atoms with Crippen molar-refractivity contribution < 1.29 is 9.59 Å². The van der Waals surface area contributed by atoms with Gasteiger partial charge in [-0.25, -0.2) is 0 Å². The lowest BCUT2D eigenvalue weighted by Gasteiger charge is -2.22. The summed E-state index contributed by atoms with van der Waals surface area (Å²) in [5, 5.41) is 0. The topological polar surface area (TPSA) is 53.5 Å². The molecule has 0 N–H and O–H groups in total. The van der Waals surface area contributed by atoms with Crippen LogP contribution in [0.4, 0.5) is 0 Å². The summed E-state index contributed by atoms with van der Waals surface area (Å²) in [5.41, 5.74) is 2.17. The Morgan fingerprint density at radius 3 is 2.21 bits per heavy atom. The highest BCUT2D eigenvalue weighted by atomic mass is 16.2. The van der Waals surface area contributed by atoms with E-state index in [4.69, 9.17) is 0 Å². The number of carbonyl (C=O) groups excluding carboxylic acids is 2. The number of aryl methyl sites for hydroxylation is 1. The van der Waals surface area contributed by atoms with E-state index in [0.717, 1.165) is 17.5 Å². The number of nitrogens with zero attached hydrogens (tertiary/aromatic N) is 3. The third-order valence-electron chi connectivity index (χ3n) is 4.33. The molecule has 0 aliphatic carbocycles. The fraction of sp³-hybridized carbons (Fsp3) is 0.316. The van der Waals surface area contributed by atoms with Crippen LogP contribution < -0.4 is 0 Å². The second kappa shape index (κ2) is 7.25. The molecule has 0 atom stereocenters. The summed E-state index contributed by atoms with van der Waals surface area (Å²) in [4.78, 5) is 33.0. The summed E-state index contributed by atoms with van der Waals surface area (Å²) in [5.74, 6) is -0.0268. The van der Waals surface area contributed by atoms with Crippen LogP contribution in [-0.4, -0.2) is 52.8 Å². The first-order valence-electron chi connectivity index (χ1n) is 8.22. The molecule has 0 bridgehead atoms. The van der Waals surface area contributed by atoms with E-state index in [0.29, 0.717) is 31.9 Å². The van der Waals surface area contributed by atoms with Gasteiger partial charge < -0.3 is 9.80 Å². The van der Waals surface area contributed by atoms with Crippen molar-refractivity contribution in [2.24, 2.45) is 0 Å². The Morgan fingerprint density at radius 1 is 0.875 bits per heavy atom. The van der Waals surface area contributed by atoms with Crippen LogP contribution in [0, 0.1) is 6.92 Å². The molecule has 1 aliphatic heterocycles. The molecule has 0 spiro atoms. The number of amides is 2. The summed E-state index contributed by atoms with van der Waals surface area (Å²) in [6.07, 6.45) is 2.40. The van der Waals surface area contributed by atoms with Gasteiger partial charge in [-0.2, -0.15) is 0 Å². The highest BCUT2D eigenvalue weighted by molar-refractivity contribution is 5.96. The molecule has 2 amide bonds. The number of rotatable bonds is 2.